The first-order valence-electron chi connectivity index (χ1n) is 11.8. The molecule has 3 aliphatic rings. The third-order valence-corrected chi connectivity index (χ3v) is 7.84. The normalized spacial score (nSPS) is 24.0. The van der Waals surface area contributed by atoms with Crippen LogP contribution < -0.4 is 4.74 Å². The largest absolute Gasteiger partial charge is 0.497 e. The number of nitrogens with zero attached hydrogens (tertiary/aromatic N) is 3. The number of rotatable bonds is 4. The van der Waals surface area contributed by atoms with Crippen molar-refractivity contribution in [2.45, 2.75) is 57.0 Å². The number of aromatic nitrogens is 1. The predicted molar refractivity (Wildman–Crippen MR) is 121 cm³/mol. The summed E-state index contributed by atoms with van der Waals surface area (Å²) in [6, 6.07) is 13.0. The topological polar surface area (TPSA) is 45.7 Å². The fourth-order valence-corrected chi connectivity index (χ4v) is 6.22. The molecular formula is C26H33N3O2. The van der Waals surface area contributed by atoms with Crippen molar-refractivity contribution < 1.29 is 9.53 Å². The molecule has 1 aliphatic carbocycles. The van der Waals surface area contributed by atoms with E-state index in [0.29, 0.717) is 17.5 Å². The Hall–Kier alpha value is -2.40. The van der Waals surface area contributed by atoms with E-state index in [1.807, 2.05) is 41.6 Å². The summed E-state index contributed by atoms with van der Waals surface area (Å²) in [7, 11) is 1.65. The molecule has 3 fully saturated rings. The summed E-state index contributed by atoms with van der Waals surface area (Å²) in [6.45, 7) is 2.89. The highest BCUT2D eigenvalue weighted by Gasteiger charge is 2.55. The summed E-state index contributed by atoms with van der Waals surface area (Å²) in [6.07, 6.45) is 12.8. The molecule has 5 nitrogen and oxygen atoms in total. The fourth-order valence-electron chi connectivity index (χ4n) is 6.22. The molecule has 1 atom stereocenters. The Kier molecular flexibility index (Phi) is 5.70. The zero-order valence-corrected chi connectivity index (χ0v) is 18.5. The van der Waals surface area contributed by atoms with Gasteiger partial charge in [-0.3, -0.25) is 14.7 Å². The summed E-state index contributed by atoms with van der Waals surface area (Å²) in [5.41, 5.74) is 2.63. The number of benzene rings is 1. The lowest BCUT2D eigenvalue weighted by molar-refractivity contribution is -0.132. The SMILES string of the molecule is COc1ccc(C(=O)N2CCC(N3CC4(CCCCC4)C3c3ccncc3)CC2)cc1. The quantitative estimate of drug-likeness (QED) is 0.720. The number of carbonyl (C=O) groups excluding carboxylic acids is 1. The zero-order chi connectivity index (χ0) is 21.3. The van der Waals surface area contributed by atoms with E-state index in [0.717, 1.165) is 37.2 Å². The van der Waals surface area contributed by atoms with Gasteiger partial charge in [0.15, 0.2) is 0 Å². The van der Waals surface area contributed by atoms with Crippen LogP contribution >= 0.6 is 0 Å². The molecule has 3 heterocycles. The lowest BCUT2D eigenvalue weighted by Gasteiger charge is -2.63. The Balaban J connectivity index is 1.26. The molecule has 0 radical (unpaired) electrons. The van der Waals surface area contributed by atoms with Crippen LogP contribution in [0.15, 0.2) is 48.8 Å². The van der Waals surface area contributed by atoms with Gasteiger partial charge in [0.25, 0.3) is 5.91 Å². The summed E-state index contributed by atoms with van der Waals surface area (Å²) >= 11 is 0. The van der Waals surface area contributed by atoms with Crippen molar-refractivity contribution >= 4 is 5.91 Å². The highest BCUT2D eigenvalue weighted by molar-refractivity contribution is 5.94. The van der Waals surface area contributed by atoms with Gasteiger partial charge in [-0.05, 0) is 67.6 Å². The second-order valence-electron chi connectivity index (χ2n) is 9.53. The van der Waals surface area contributed by atoms with Crippen molar-refractivity contribution in [1.29, 1.82) is 0 Å². The minimum Gasteiger partial charge on any atom is -0.497 e. The molecule has 1 unspecified atom stereocenters. The monoisotopic (exact) mass is 419 g/mol. The molecule has 5 rings (SSSR count). The lowest BCUT2D eigenvalue weighted by Crippen LogP contribution is -2.63. The maximum absolute atomic E-state index is 13.0. The second-order valence-corrected chi connectivity index (χ2v) is 9.53. The average Bonchev–Trinajstić information content (AvgIpc) is 2.84. The van der Waals surface area contributed by atoms with Gasteiger partial charge in [0.05, 0.1) is 7.11 Å². The Morgan fingerprint density at radius 1 is 1.00 bits per heavy atom. The van der Waals surface area contributed by atoms with Gasteiger partial charge in [-0.2, -0.15) is 0 Å². The minimum atomic E-state index is 0.138. The predicted octanol–water partition coefficient (Wildman–Crippen LogP) is 4.70. The van der Waals surface area contributed by atoms with Crippen molar-refractivity contribution in [2.75, 3.05) is 26.7 Å². The number of pyridine rings is 1. The van der Waals surface area contributed by atoms with Crippen LogP contribution in [0.3, 0.4) is 0 Å². The first kappa shape index (κ1) is 20.5. The van der Waals surface area contributed by atoms with Gasteiger partial charge in [-0.25, -0.2) is 0 Å². The van der Waals surface area contributed by atoms with E-state index in [2.05, 4.69) is 22.0 Å². The van der Waals surface area contributed by atoms with Crippen LogP contribution in [0.2, 0.25) is 0 Å². The van der Waals surface area contributed by atoms with E-state index in [1.165, 1.54) is 44.2 Å². The van der Waals surface area contributed by atoms with Gasteiger partial charge in [0, 0.05) is 55.1 Å². The molecule has 1 aromatic carbocycles. The number of ether oxygens (including phenoxy) is 1. The van der Waals surface area contributed by atoms with Crippen molar-refractivity contribution in [3.63, 3.8) is 0 Å². The van der Waals surface area contributed by atoms with E-state index in [1.54, 1.807) is 7.11 Å². The van der Waals surface area contributed by atoms with E-state index in [4.69, 9.17) is 4.74 Å². The smallest absolute Gasteiger partial charge is 0.253 e. The molecule has 1 spiro atoms. The molecular weight excluding hydrogens is 386 g/mol. The molecule has 164 valence electrons. The van der Waals surface area contributed by atoms with Crippen LogP contribution in [0, 0.1) is 5.41 Å². The summed E-state index contributed by atoms with van der Waals surface area (Å²) < 4.78 is 5.21. The van der Waals surface area contributed by atoms with Gasteiger partial charge in [-0.15, -0.1) is 0 Å². The van der Waals surface area contributed by atoms with Crippen molar-refractivity contribution in [3.05, 3.63) is 59.9 Å². The minimum absolute atomic E-state index is 0.138. The number of carbonyl (C=O) groups is 1. The molecule has 31 heavy (non-hydrogen) atoms. The number of piperidine rings is 1. The maximum atomic E-state index is 13.0. The van der Waals surface area contributed by atoms with Crippen LogP contribution in [0.25, 0.3) is 0 Å². The fraction of sp³-hybridized carbons (Fsp3) is 0.538. The van der Waals surface area contributed by atoms with Gasteiger partial charge in [0.1, 0.15) is 5.75 Å². The number of amides is 1. The third kappa shape index (κ3) is 3.84. The average molecular weight is 420 g/mol. The highest BCUT2D eigenvalue weighted by Crippen LogP contribution is 2.58. The Bertz CT molecular complexity index is 885. The van der Waals surface area contributed by atoms with Gasteiger partial charge >= 0.3 is 0 Å². The molecule has 2 saturated heterocycles. The molecule has 1 saturated carbocycles. The molecule has 1 aromatic heterocycles. The summed E-state index contributed by atoms with van der Waals surface area (Å²) in [5, 5.41) is 0. The van der Waals surface area contributed by atoms with Crippen molar-refractivity contribution in [1.82, 2.24) is 14.8 Å². The van der Waals surface area contributed by atoms with E-state index >= 15 is 0 Å². The maximum Gasteiger partial charge on any atom is 0.253 e. The molecule has 0 N–H and O–H groups in total. The lowest BCUT2D eigenvalue weighted by atomic mass is 9.60. The Morgan fingerprint density at radius 2 is 1.68 bits per heavy atom. The summed E-state index contributed by atoms with van der Waals surface area (Å²) in [4.78, 5) is 22.0. The Labute approximate surface area is 185 Å². The third-order valence-electron chi connectivity index (χ3n) is 7.84. The molecule has 2 aromatic rings. The van der Waals surface area contributed by atoms with E-state index < -0.39 is 0 Å². The zero-order valence-electron chi connectivity index (χ0n) is 18.5. The Morgan fingerprint density at radius 3 is 2.32 bits per heavy atom. The van der Waals surface area contributed by atoms with Gasteiger partial charge in [0.2, 0.25) is 0 Å². The summed E-state index contributed by atoms with van der Waals surface area (Å²) in [5.74, 6) is 0.922. The van der Waals surface area contributed by atoms with Crippen LogP contribution in [0.5, 0.6) is 5.75 Å². The van der Waals surface area contributed by atoms with E-state index in [-0.39, 0.29) is 5.91 Å². The number of likely N-dealkylation sites (tertiary alicyclic amines) is 2. The molecule has 1 amide bonds. The standard InChI is InChI=1S/C26H33N3O2/c1-31-23-7-5-21(6-8-23)25(30)28-17-11-22(12-18-28)29-19-26(13-3-2-4-14-26)24(29)20-9-15-27-16-10-20/h5-10,15-16,22,24H,2-4,11-14,17-19H2,1H3. The van der Waals surface area contributed by atoms with Gasteiger partial charge in [-0.1, -0.05) is 19.3 Å². The highest BCUT2D eigenvalue weighted by atomic mass is 16.5. The van der Waals surface area contributed by atoms with Crippen LogP contribution in [0.1, 0.15) is 66.9 Å². The first-order valence-corrected chi connectivity index (χ1v) is 11.8. The first-order chi connectivity index (χ1) is 15.2. The number of hydrogen-bond donors (Lipinski definition) is 0. The molecule has 0 bridgehead atoms. The van der Waals surface area contributed by atoms with Crippen LogP contribution in [-0.2, 0) is 0 Å². The van der Waals surface area contributed by atoms with Crippen molar-refractivity contribution in [2.24, 2.45) is 5.41 Å². The second kappa shape index (κ2) is 8.62. The van der Waals surface area contributed by atoms with Gasteiger partial charge < -0.3 is 9.64 Å². The molecule has 5 heteroatoms. The van der Waals surface area contributed by atoms with Crippen molar-refractivity contribution in [3.8, 4) is 5.75 Å². The molecule has 2 aliphatic heterocycles. The van der Waals surface area contributed by atoms with E-state index in [9.17, 15) is 4.79 Å². The number of methoxy groups -OCH3 is 1. The number of hydrogen-bond acceptors (Lipinski definition) is 4. The van der Waals surface area contributed by atoms with Crippen LogP contribution in [-0.4, -0.2) is 53.5 Å². The van der Waals surface area contributed by atoms with Crippen LogP contribution in [0.4, 0.5) is 0 Å².